The van der Waals surface area contributed by atoms with Gasteiger partial charge in [0.15, 0.2) is 11.5 Å². The number of benzene rings is 2. The SMILES string of the molecule is CCOc1cc(Cl)c(CNc2cccc(C(=O)O)c2C)cc1OC. The van der Waals surface area contributed by atoms with Gasteiger partial charge in [-0.25, -0.2) is 4.79 Å². The van der Waals surface area contributed by atoms with Gasteiger partial charge in [-0.2, -0.15) is 0 Å². The van der Waals surface area contributed by atoms with E-state index in [0.717, 1.165) is 11.3 Å². The Balaban J connectivity index is 2.24. The van der Waals surface area contributed by atoms with E-state index in [9.17, 15) is 9.90 Å². The van der Waals surface area contributed by atoms with Crippen LogP contribution in [0.2, 0.25) is 5.02 Å². The fourth-order valence-corrected chi connectivity index (χ4v) is 2.61. The van der Waals surface area contributed by atoms with Gasteiger partial charge in [-0.15, -0.1) is 0 Å². The molecule has 0 fully saturated rings. The highest BCUT2D eigenvalue weighted by Gasteiger charge is 2.12. The molecule has 5 nitrogen and oxygen atoms in total. The van der Waals surface area contributed by atoms with E-state index in [4.69, 9.17) is 21.1 Å². The summed E-state index contributed by atoms with van der Waals surface area (Å²) in [5.41, 5.74) is 2.53. The standard InChI is InChI=1S/C18H20ClNO4/c1-4-24-17-9-14(19)12(8-16(17)23-3)10-20-15-7-5-6-13(11(15)2)18(21)22/h5-9,20H,4,10H2,1-3H3,(H,21,22). The van der Waals surface area contributed by atoms with Crippen LogP contribution in [0.5, 0.6) is 11.5 Å². The van der Waals surface area contributed by atoms with Crippen molar-refractivity contribution in [3.63, 3.8) is 0 Å². The highest BCUT2D eigenvalue weighted by molar-refractivity contribution is 6.31. The zero-order chi connectivity index (χ0) is 17.7. The molecule has 0 amide bonds. The summed E-state index contributed by atoms with van der Waals surface area (Å²) in [6.45, 7) is 4.62. The first-order valence-corrected chi connectivity index (χ1v) is 7.91. The summed E-state index contributed by atoms with van der Waals surface area (Å²) < 4.78 is 10.8. The molecule has 2 rings (SSSR count). The first-order chi connectivity index (χ1) is 11.5. The maximum Gasteiger partial charge on any atom is 0.336 e. The number of carboxylic acids is 1. The van der Waals surface area contributed by atoms with Crippen LogP contribution in [0, 0.1) is 6.92 Å². The van der Waals surface area contributed by atoms with Crippen LogP contribution in [0.15, 0.2) is 30.3 Å². The Morgan fingerprint density at radius 2 is 2.04 bits per heavy atom. The highest BCUT2D eigenvalue weighted by Crippen LogP contribution is 2.34. The molecule has 0 bridgehead atoms. The van der Waals surface area contributed by atoms with Crippen LogP contribution in [0.1, 0.15) is 28.4 Å². The average Bonchev–Trinajstić information content (AvgIpc) is 2.55. The average molecular weight is 350 g/mol. The number of nitrogens with one attached hydrogen (secondary N) is 1. The van der Waals surface area contributed by atoms with Crippen molar-refractivity contribution in [3.8, 4) is 11.5 Å². The molecule has 0 saturated heterocycles. The van der Waals surface area contributed by atoms with Crippen LogP contribution in [-0.4, -0.2) is 24.8 Å². The summed E-state index contributed by atoms with van der Waals surface area (Å²) in [6.07, 6.45) is 0. The van der Waals surface area contributed by atoms with Crippen molar-refractivity contribution in [2.45, 2.75) is 20.4 Å². The second-order valence-electron chi connectivity index (χ2n) is 5.16. The van der Waals surface area contributed by atoms with Crippen LogP contribution in [0.4, 0.5) is 5.69 Å². The molecule has 0 atom stereocenters. The third-order valence-corrected chi connectivity index (χ3v) is 4.02. The smallest absolute Gasteiger partial charge is 0.336 e. The summed E-state index contributed by atoms with van der Waals surface area (Å²) in [5.74, 6) is 0.254. The predicted octanol–water partition coefficient (Wildman–Crippen LogP) is 4.37. The van der Waals surface area contributed by atoms with E-state index in [1.807, 2.05) is 19.1 Å². The lowest BCUT2D eigenvalue weighted by Crippen LogP contribution is -2.06. The quantitative estimate of drug-likeness (QED) is 0.777. The minimum absolute atomic E-state index is 0.273. The van der Waals surface area contributed by atoms with Crippen LogP contribution < -0.4 is 14.8 Å². The number of carbonyl (C=O) groups is 1. The molecular formula is C18H20ClNO4. The molecular weight excluding hydrogens is 330 g/mol. The Morgan fingerprint density at radius 1 is 1.29 bits per heavy atom. The maximum atomic E-state index is 11.2. The molecule has 0 aliphatic heterocycles. The molecule has 0 saturated carbocycles. The molecule has 2 aromatic rings. The third kappa shape index (κ3) is 3.92. The summed E-state index contributed by atoms with van der Waals surface area (Å²) >= 11 is 6.31. The van der Waals surface area contributed by atoms with Crippen molar-refractivity contribution in [3.05, 3.63) is 52.0 Å². The highest BCUT2D eigenvalue weighted by atomic mass is 35.5. The molecule has 2 N–H and O–H groups in total. The molecule has 0 aromatic heterocycles. The fraction of sp³-hybridized carbons (Fsp3) is 0.278. The van der Waals surface area contributed by atoms with Gasteiger partial charge in [-0.3, -0.25) is 0 Å². The van der Waals surface area contributed by atoms with Gasteiger partial charge in [0.1, 0.15) is 0 Å². The van der Waals surface area contributed by atoms with Gasteiger partial charge in [-0.05, 0) is 43.2 Å². The zero-order valence-electron chi connectivity index (χ0n) is 13.9. The first kappa shape index (κ1) is 17.9. The largest absolute Gasteiger partial charge is 0.493 e. The minimum atomic E-state index is -0.947. The van der Waals surface area contributed by atoms with Gasteiger partial charge in [0, 0.05) is 23.3 Å². The van der Waals surface area contributed by atoms with Gasteiger partial charge in [0.25, 0.3) is 0 Å². The minimum Gasteiger partial charge on any atom is -0.493 e. The maximum absolute atomic E-state index is 11.2. The normalized spacial score (nSPS) is 10.3. The van der Waals surface area contributed by atoms with Gasteiger partial charge < -0.3 is 19.9 Å². The summed E-state index contributed by atoms with van der Waals surface area (Å²) in [4.78, 5) is 11.2. The first-order valence-electron chi connectivity index (χ1n) is 7.53. The van der Waals surface area contributed by atoms with E-state index in [1.165, 1.54) is 0 Å². The van der Waals surface area contributed by atoms with Gasteiger partial charge in [-0.1, -0.05) is 17.7 Å². The van der Waals surface area contributed by atoms with E-state index in [1.54, 1.807) is 32.2 Å². The number of hydrogen-bond acceptors (Lipinski definition) is 4. The molecule has 0 spiro atoms. The number of ether oxygens (including phenoxy) is 2. The lowest BCUT2D eigenvalue weighted by molar-refractivity contribution is 0.0696. The van der Waals surface area contributed by atoms with Crippen LogP contribution >= 0.6 is 11.6 Å². The summed E-state index contributed by atoms with van der Waals surface area (Å²) in [7, 11) is 1.57. The number of halogens is 1. The number of carboxylic acid groups (broad SMARTS) is 1. The zero-order valence-corrected chi connectivity index (χ0v) is 14.6. The van der Waals surface area contributed by atoms with E-state index in [2.05, 4.69) is 5.32 Å². The molecule has 128 valence electrons. The molecule has 0 aliphatic rings. The summed E-state index contributed by atoms with van der Waals surface area (Å²) in [5, 5.41) is 13.0. The predicted molar refractivity (Wildman–Crippen MR) is 94.6 cm³/mol. The number of aromatic carboxylic acids is 1. The number of anilines is 1. The Bertz CT molecular complexity index is 746. The molecule has 0 aliphatic carbocycles. The van der Waals surface area contributed by atoms with Crippen molar-refractivity contribution >= 4 is 23.3 Å². The molecule has 0 heterocycles. The Hall–Kier alpha value is -2.40. The van der Waals surface area contributed by atoms with Crippen LogP contribution in [-0.2, 0) is 6.54 Å². The van der Waals surface area contributed by atoms with E-state index in [-0.39, 0.29) is 5.56 Å². The van der Waals surface area contributed by atoms with E-state index >= 15 is 0 Å². The van der Waals surface area contributed by atoms with Crippen molar-refractivity contribution < 1.29 is 19.4 Å². The van der Waals surface area contributed by atoms with Crippen LogP contribution in [0.25, 0.3) is 0 Å². The van der Waals surface area contributed by atoms with Crippen molar-refractivity contribution in [2.24, 2.45) is 0 Å². The number of methoxy groups -OCH3 is 1. The Kier molecular flexibility index (Phi) is 5.93. The van der Waals surface area contributed by atoms with E-state index in [0.29, 0.717) is 35.2 Å². The second kappa shape index (κ2) is 7.93. The lowest BCUT2D eigenvalue weighted by atomic mass is 10.1. The van der Waals surface area contributed by atoms with Crippen molar-refractivity contribution in [1.29, 1.82) is 0 Å². The lowest BCUT2D eigenvalue weighted by Gasteiger charge is -2.15. The Morgan fingerprint density at radius 3 is 2.67 bits per heavy atom. The second-order valence-corrected chi connectivity index (χ2v) is 5.57. The fourth-order valence-electron chi connectivity index (χ4n) is 2.39. The third-order valence-electron chi connectivity index (χ3n) is 3.67. The van der Waals surface area contributed by atoms with Crippen LogP contribution in [0.3, 0.4) is 0 Å². The molecule has 0 radical (unpaired) electrons. The van der Waals surface area contributed by atoms with Gasteiger partial charge >= 0.3 is 5.97 Å². The monoisotopic (exact) mass is 349 g/mol. The van der Waals surface area contributed by atoms with Crippen molar-refractivity contribution in [2.75, 3.05) is 19.0 Å². The topological polar surface area (TPSA) is 67.8 Å². The summed E-state index contributed by atoms with van der Waals surface area (Å²) in [6, 6.07) is 8.66. The van der Waals surface area contributed by atoms with Gasteiger partial charge in [0.05, 0.1) is 19.3 Å². The van der Waals surface area contributed by atoms with Crippen molar-refractivity contribution in [1.82, 2.24) is 0 Å². The van der Waals surface area contributed by atoms with Gasteiger partial charge in [0.2, 0.25) is 0 Å². The Labute approximate surface area is 146 Å². The molecule has 2 aromatic carbocycles. The molecule has 6 heteroatoms. The number of hydrogen-bond donors (Lipinski definition) is 2. The molecule has 24 heavy (non-hydrogen) atoms. The molecule has 0 unspecified atom stereocenters. The van der Waals surface area contributed by atoms with E-state index < -0.39 is 5.97 Å². The number of rotatable bonds is 7.